The summed E-state index contributed by atoms with van der Waals surface area (Å²) in [6.07, 6.45) is 2.27. The van der Waals surface area contributed by atoms with Crippen molar-refractivity contribution in [2.45, 2.75) is 39.7 Å². The lowest BCUT2D eigenvalue weighted by Crippen LogP contribution is -2.26. The van der Waals surface area contributed by atoms with Crippen LogP contribution in [0.3, 0.4) is 0 Å². The summed E-state index contributed by atoms with van der Waals surface area (Å²) < 4.78 is 5.56. The summed E-state index contributed by atoms with van der Waals surface area (Å²) in [5.74, 6) is 0. The van der Waals surface area contributed by atoms with Gasteiger partial charge in [-0.25, -0.2) is 0 Å². The first kappa shape index (κ1) is 13.7. The van der Waals surface area contributed by atoms with Crippen molar-refractivity contribution >= 4 is 11.3 Å². The van der Waals surface area contributed by atoms with E-state index >= 15 is 0 Å². The van der Waals surface area contributed by atoms with Crippen molar-refractivity contribution in [1.29, 1.82) is 0 Å². The van der Waals surface area contributed by atoms with Crippen molar-refractivity contribution in [1.82, 2.24) is 5.32 Å². The summed E-state index contributed by atoms with van der Waals surface area (Å²) in [6, 6.07) is 2.60. The standard InChI is InChI=1S/C13H23NOS/c1-4-8-14-12(10-15-6-3)13-11(5-2)7-9-16-13/h7,9,12,14H,4-6,8,10H2,1-3H3. The van der Waals surface area contributed by atoms with Gasteiger partial charge in [0.05, 0.1) is 12.6 Å². The SMILES string of the molecule is CCCNC(COCC)c1sccc1CC. The maximum absolute atomic E-state index is 5.56. The molecule has 1 aromatic rings. The Balaban J connectivity index is 2.66. The Kier molecular flexibility index (Phi) is 6.69. The molecule has 92 valence electrons. The molecule has 1 unspecified atom stereocenters. The van der Waals surface area contributed by atoms with Gasteiger partial charge in [-0.15, -0.1) is 11.3 Å². The lowest BCUT2D eigenvalue weighted by atomic mass is 10.1. The van der Waals surface area contributed by atoms with Crippen molar-refractivity contribution in [3.63, 3.8) is 0 Å². The molecule has 1 atom stereocenters. The number of rotatable bonds is 8. The number of thiophene rings is 1. The molecule has 0 amide bonds. The normalized spacial score (nSPS) is 12.9. The van der Waals surface area contributed by atoms with Gasteiger partial charge < -0.3 is 10.1 Å². The zero-order chi connectivity index (χ0) is 11.8. The van der Waals surface area contributed by atoms with Gasteiger partial charge in [0.2, 0.25) is 0 Å². The van der Waals surface area contributed by atoms with E-state index in [2.05, 4.69) is 30.6 Å². The minimum absolute atomic E-state index is 0.370. The molecule has 0 aliphatic heterocycles. The van der Waals surface area contributed by atoms with E-state index in [0.29, 0.717) is 6.04 Å². The number of hydrogen-bond acceptors (Lipinski definition) is 3. The van der Waals surface area contributed by atoms with Gasteiger partial charge in [-0.05, 0) is 43.3 Å². The van der Waals surface area contributed by atoms with Gasteiger partial charge in [0, 0.05) is 11.5 Å². The van der Waals surface area contributed by atoms with Crippen LogP contribution in [-0.2, 0) is 11.2 Å². The molecule has 0 aromatic carbocycles. The Morgan fingerprint density at radius 3 is 2.81 bits per heavy atom. The number of ether oxygens (including phenoxy) is 1. The van der Waals surface area contributed by atoms with Crippen LogP contribution in [0, 0.1) is 0 Å². The molecule has 0 saturated heterocycles. The smallest absolute Gasteiger partial charge is 0.0669 e. The number of hydrogen-bond donors (Lipinski definition) is 1. The van der Waals surface area contributed by atoms with Gasteiger partial charge in [0.25, 0.3) is 0 Å². The molecule has 1 aromatic heterocycles. The van der Waals surface area contributed by atoms with Gasteiger partial charge in [0.15, 0.2) is 0 Å². The fourth-order valence-electron chi connectivity index (χ4n) is 1.73. The molecule has 3 heteroatoms. The summed E-state index contributed by atoms with van der Waals surface area (Å²) in [4.78, 5) is 1.45. The molecule has 0 radical (unpaired) electrons. The monoisotopic (exact) mass is 241 g/mol. The van der Waals surface area contributed by atoms with Crippen molar-refractivity contribution < 1.29 is 4.74 Å². The summed E-state index contributed by atoms with van der Waals surface area (Å²) in [7, 11) is 0. The van der Waals surface area contributed by atoms with Crippen LogP contribution < -0.4 is 5.32 Å². The molecule has 16 heavy (non-hydrogen) atoms. The lowest BCUT2D eigenvalue weighted by Gasteiger charge is -2.18. The van der Waals surface area contributed by atoms with Crippen molar-refractivity contribution in [3.05, 3.63) is 21.9 Å². The molecular weight excluding hydrogens is 218 g/mol. The average Bonchev–Trinajstić information content (AvgIpc) is 2.77. The van der Waals surface area contributed by atoms with E-state index in [-0.39, 0.29) is 0 Å². The zero-order valence-electron chi connectivity index (χ0n) is 10.6. The summed E-state index contributed by atoms with van der Waals surface area (Å²) >= 11 is 1.84. The Morgan fingerprint density at radius 2 is 2.19 bits per heavy atom. The van der Waals surface area contributed by atoms with Crippen LogP contribution in [-0.4, -0.2) is 19.8 Å². The van der Waals surface area contributed by atoms with E-state index in [1.54, 1.807) is 0 Å². The average molecular weight is 241 g/mol. The highest BCUT2D eigenvalue weighted by Crippen LogP contribution is 2.25. The first-order valence-electron chi connectivity index (χ1n) is 6.20. The molecule has 1 N–H and O–H groups in total. The molecule has 0 spiro atoms. The van der Waals surface area contributed by atoms with E-state index in [0.717, 1.165) is 32.6 Å². The highest BCUT2D eigenvalue weighted by Gasteiger charge is 2.15. The van der Waals surface area contributed by atoms with E-state index in [1.807, 2.05) is 18.3 Å². The Bertz CT molecular complexity index is 277. The lowest BCUT2D eigenvalue weighted by molar-refractivity contribution is 0.123. The van der Waals surface area contributed by atoms with Crippen LogP contribution in [0.5, 0.6) is 0 Å². The predicted octanol–water partition coefficient (Wildman–Crippen LogP) is 3.39. The van der Waals surface area contributed by atoms with E-state index in [4.69, 9.17) is 4.74 Å². The van der Waals surface area contributed by atoms with Gasteiger partial charge in [-0.1, -0.05) is 13.8 Å². The van der Waals surface area contributed by atoms with Gasteiger partial charge in [0.1, 0.15) is 0 Å². The largest absolute Gasteiger partial charge is 0.380 e. The zero-order valence-corrected chi connectivity index (χ0v) is 11.4. The third kappa shape index (κ3) is 3.89. The van der Waals surface area contributed by atoms with Crippen LogP contribution in [0.25, 0.3) is 0 Å². The first-order chi connectivity index (χ1) is 7.83. The minimum Gasteiger partial charge on any atom is -0.380 e. The second-order valence-electron chi connectivity index (χ2n) is 3.83. The van der Waals surface area contributed by atoms with E-state index < -0.39 is 0 Å². The Morgan fingerprint density at radius 1 is 1.38 bits per heavy atom. The van der Waals surface area contributed by atoms with Crippen molar-refractivity contribution in [3.8, 4) is 0 Å². The molecule has 0 aliphatic rings. The minimum atomic E-state index is 0.370. The quantitative estimate of drug-likeness (QED) is 0.753. The van der Waals surface area contributed by atoms with Crippen LogP contribution in [0.15, 0.2) is 11.4 Å². The van der Waals surface area contributed by atoms with Crippen LogP contribution in [0.2, 0.25) is 0 Å². The molecule has 1 rings (SSSR count). The highest BCUT2D eigenvalue weighted by molar-refractivity contribution is 7.10. The Hall–Kier alpha value is -0.380. The van der Waals surface area contributed by atoms with Crippen molar-refractivity contribution in [2.75, 3.05) is 19.8 Å². The van der Waals surface area contributed by atoms with Gasteiger partial charge >= 0.3 is 0 Å². The molecule has 0 aliphatic carbocycles. The van der Waals surface area contributed by atoms with E-state index in [1.165, 1.54) is 10.4 Å². The fourth-order valence-corrected chi connectivity index (χ4v) is 2.79. The van der Waals surface area contributed by atoms with Gasteiger partial charge in [-0.2, -0.15) is 0 Å². The van der Waals surface area contributed by atoms with Crippen LogP contribution >= 0.6 is 11.3 Å². The third-order valence-corrected chi connectivity index (χ3v) is 3.68. The molecule has 0 bridgehead atoms. The first-order valence-corrected chi connectivity index (χ1v) is 7.08. The topological polar surface area (TPSA) is 21.3 Å². The molecule has 1 heterocycles. The summed E-state index contributed by atoms with van der Waals surface area (Å²) in [6.45, 7) is 9.08. The number of aryl methyl sites for hydroxylation is 1. The highest BCUT2D eigenvalue weighted by atomic mass is 32.1. The third-order valence-electron chi connectivity index (χ3n) is 2.61. The second kappa shape index (κ2) is 7.82. The fraction of sp³-hybridized carbons (Fsp3) is 0.692. The van der Waals surface area contributed by atoms with E-state index in [9.17, 15) is 0 Å². The van der Waals surface area contributed by atoms with Gasteiger partial charge in [-0.3, -0.25) is 0 Å². The number of nitrogens with one attached hydrogen (secondary N) is 1. The molecule has 2 nitrogen and oxygen atoms in total. The summed E-state index contributed by atoms with van der Waals surface area (Å²) in [5.41, 5.74) is 1.46. The van der Waals surface area contributed by atoms with Crippen LogP contribution in [0.4, 0.5) is 0 Å². The maximum atomic E-state index is 5.56. The summed E-state index contributed by atoms with van der Waals surface area (Å²) in [5, 5.41) is 5.75. The molecule has 0 saturated carbocycles. The second-order valence-corrected chi connectivity index (χ2v) is 4.78. The molecular formula is C13H23NOS. The molecule has 0 fully saturated rings. The van der Waals surface area contributed by atoms with Crippen molar-refractivity contribution in [2.24, 2.45) is 0 Å². The maximum Gasteiger partial charge on any atom is 0.0669 e. The Labute approximate surface area is 103 Å². The predicted molar refractivity (Wildman–Crippen MR) is 71.2 cm³/mol. The van der Waals surface area contributed by atoms with Crippen LogP contribution in [0.1, 0.15) is 43.7 Å².